The number of aromatic amines is 1. The summed E-state index contributed by atoms with van der Waals surface area (Å²) in [6.45, 7) is 6.71. The van der Waals surface area contributed by atoms with Gasteiger partial charge in [-0.05, 0) is 55.9 Å². The molecule has 0 bridgehead atoms. The van der Waals surface area contributed by atoms with Crippen molar-refractivity contribution in [1.29, 1.82) is 0 Å². The van der Waals surface area contributed by atoms with Gasteiger partial charge in [-0.25, -0.2) is 4.99 Å². The lowest BCUT2D eigenvalue weighted by Crippen LogP contribution is -2.48. The first-order valence-corrected chi connectivity index (χ1v) is 9.61. The number of aryl methyl sites for hydroxylation is 1. The molecule has 1 aliphatic heterocycles. The van der Waals surface area contributed by atoms with Gasteiger partial charge in [-0.1, -0.05) is 6.92 Å². The molecule has 0 spiro atoms. The van der Waals surface area contributed by atoms with E-state index in [0.29, 0.717) is 12.2 Å². The number of fused-ring (bicyclic) bond motifs is 1. The van der Waals surface area contributed by atoms with Crippen molar-refractivity contribution >= 4 is 28.5 Å². The van der Waals surface area contributed by atoms with Crippen LogP contribution in [0.15, 0.2) is 35.1 Å². The van der Waals surface area contributed by atoms with Gasteiger partial charge in [-0.3, -0.25) is 9.89 Å². The highest BCUT2D eigenvalue weighted by molar-refractivity contribution is 6.04. The molecule has 0 atom stereocenters. The lowest BCUT2D eigenvalue weighted by Gasteiger charge is -2.36. The molecule has 2 aliphatic rings. The summed E-state index contributed by atoms with van der Waals surface area (Å²) in [5.74, 6) is 1.07. The van der Waals surface area contributed by atoms with Gasteiger partial charge in [0.25, 0.3) is 5.91 Å². The van der Waals surface area contributed by atoms with Gasteiger partial charge in [0.05, 0.1) is 11.7 Å². The molecule has 3 N–H and O–H groups in total. The zero-order chi connectivity index (χ0) is 19.0. The number of nitrogens with two attached hydrogens (primary N) is 1. The molecule has 142 valence electrons. The number of hydrogen-bond acceptors (Lipinski definition) is 5. The van der Waals surface area contributed by atoms with Crippen LogP contribution in [0.5, 0.6) is 0 Å². The Morgan fingerprint density at radius 1 is 1.41 bits per heavy atom. The van der Waals surface area contributed by atoms with E-state index in [-0.39, 0.29) is 0 Å². The number of hydrogen-bond donors (Lipinski definition) is 2. The molecule has 1 aromatic carbocycles. The van der Waals surface area contributed by atoms with E-state index in [0.717, 1.165) is 53.5 Å². The van der Waals surface area contributed by atoms with Gasteiger partial charge in [-0.2, -0.15) is 5.10 Å². The van der Waals surface area contributed by atoms with Crippen LogP contribution in [0, 0.1) is 12.8 Å². The van der Waals surface area contributed by atoms with Crippen molar-refractivity contribution in [2.75, 3.05) is 24.5 Å². The van der Waals surface area contributed by atoms with Gasteiger partial charge in [-0.15, -0.1) is 0 Å². The normalized spacial score (nSPS) is 17.0. The van der Waals surface area contributed by atoms with Crippen molar-refractivity contribution in [3.63, 3.8) is 0 Å². The molecule has 1 fully saturated rings. The number of amides is 1. The van der Waals surface area contributed by atoms with Crippen LogP contribution in [0.2, 0.25) is 0 Å². The maximum absolute atomic E-state index is 11.8. The topological polar surface area (TPSA) is 90.6 Å². The lowest BCUT2D eigenvalue weighted by molar-refractivity contribution is -0.114. The fourth-order valence-corrected chi connectivity index (χ4v) is 3.61. The Kier molecular flexibility index (Phi) is 4.59. The summed E-state index contributed by atoms with van der Waals surface area (Å²) < 4.78 is 0. The molecular formula is C20H26N6O. The van der Waals surface area contributed by atoms with E-state index in [2.05, 4.69) is 51.0 Å². The van der Waals surface area contributed by atoms with Gasteiger partial charge >= 0.3 is 0 Å². The molecule has 1 saturated carbocycles. The predicted octanol–water partition coefficient (Wildman–Crippen LogP) is 2.54. The second-order valence-electron chi connectivity index (χ2n) is 7.46. The minimum Gasteiger partial charge on any atom is -0.364 e. The average Bonchev–Trinajstić information content (AvgIpc) is 3.35. The summed E-state index contributed by atoms with van der Waals surface area (Å²) in [4.78, 5) is 20.9. The van der Waals surface area contributed by atoms with Gasteiger partial charge in [0.2, 0.25) is 5.96 Å². The zero-order valence-electron chi connectivity index (χ0n) is 15.9. The van der Waals surface area contributed by atoms with E-state index in [1.54, 1.807) is 0 Å². The van der Waals surface area contributed by atoms with Crippen LogP contribution in [0.1, 0.15) is 31.7 Å². The number of anilines is 1. The minimum atomic E-state index is -0.475. The summed E-state index contributed by atoms with van der Waals surface area (Å²) >= 11 is 0. The van der Waals surface area contributed by atoms with E-state index < -0.39 is 5.91 Å². The Bertz CT molecular complexity index is 924. The summed E-state index contributed by atoms with van der Waals surface area (Å²) in [7, 11) is 0. The number of H-pyrrole nitrogens is 1. The molecule has 2 heterocycles. The molecule has 1 aliphatic carbocycles. The third-order valence-electron chi connectivity index (χ3n) is 5.18. The number of carbonyl (C=O) groups excluding carboxylic acids is 1. The smallest absolute Gasteiger partial charge is 0.267 e. The fourth-order valence-electron chi connectivity index (χ4n) is 3.61. The largest absolute Gasteiger partial charge is 0.364 e. The number of carbonyl (C=O) groups is 1. The van der Waals surface area contributed by atoms with E-state index in [9.17, 15) is 4.79 Å². The van der Waals surface area contributed by atoms with Crippen LogP contribution < -0.4 is 10.6 Å². The Balaban J connectivity index is 1.75. The average molecular weight is 366 g/mol. The van der Waals surface area contributed by atoms with Crippen LogP contribution in [-0.4, -0.2) is 46.6 Å². The number of benzene rings is 1. The number of nitrogens with zero attached hydrogens (tertiary/aromatic N) is 4. The molecule has 0 unspecified atom stereocenters. The minimum absolute atomic E-state index is 0.347. The molecule has 7 heteroatoms. The summed E-state index contributed by atoms with van der Waals surface area (Å²) in [6, 6.07) is 4.24. The van der Waals surface area contributed by atoms with E-state index in [1.807, 2.05) is 12.3 Å². The number of rotatable bonds is 6. The summed E-state index contributed by atoms with van der Waals surface area (Å²) in [6.07, 6.45) is 7.21. The third kappa shape index (κ3) is 3.54. The number of aliphatic imine (C=N–C) groups is 1. The van der Waals surface area contributed by atoms with Crippen molar-refractivity contribution in [3.8, 4) is 0 Å². The van der Waals surface area contributed by atoms with Gasteiger partial charge < -0.3 is 15.5 Å². The molecule has 0 radical (unpaired) electrons. The van der Waals surface area contributed by atoms with Crippen molar-refractivity contribution in [1.82, 2.24) is 15.1 Å². The van der Waals surface area contributed by atoms with Crippen LogP contribution in [0.3, 0.4) is 0 Å². The van der Waals surface area contributed by atoms with Crippen molar-refractivity contribution in [2.45, 2.75) is 33.1 Å². The molecule has 1 aromatic heterocycles. The Hall–Kier alpha value is -2.83. The zero-order valence-corrected chi connectivity index (χ0v) is 15.9. The number of nitrogens with one attached hydrogen (secondary N) is 1. The van der Waals surface area contributed by atoms with Crippen molar-refractivity contribution in [2.24, 2.45) is 16.6 Å². The molecule has 4 rings (SSSR count). The number of guanidine groups is 1. The molecule has 27 heavy (non-hydrogen) atoms. The number of aromatic nitrogens is 2. The fraction of sp³-hybridized carbons (Fsp3) is 0.450. The number of primary amides is 1. The van der Waals surface area contributed by atoms with Gasteiger partial charge in [0.15, 0.2) is 0 Å². The molecule has 0 saturated heterocycles. The summed E-state index contributed by atoms with van der Waals surface area (Å²) in [5.41, 5.74) is 9.11. The predicted molar refractivity (Wildman–Crippen MR) is 107 cm³/mol. The standard InChI is InChI=1S/C20H26N6O/c1-3-7-25(12-14-4-5-14)20-23-16(19(21)27)6-8-26(20)18-10-15-11-22-24-17(15)9-13(18)2/h6,9-11,14H,3-5,7-8,12H2,1-2H3,(H2,21,27)(H,22,24). The first-order chi connectivity index (χ1) is 13.1. The highest BCUT2D eigenvalue weighted by Crippen LogP contribution is 2.32. The first-order valence-electron chi connectivity index (χ1n) is 9.61. The van der Waals surface area contributed by atoms with Crippen molar-refractivity contribution < 1.29 is 4.79 Å². The van der Waals surface area contributed by atoms with Crippen LogP contribution in [0.25, 0.3) is 10.9 Å². The van der Waals surface area contributed by atoms with Gasteiger partial charge in [0, 0.05) is 30.7 Å². The summed E-state index contributed by atoms with van der Waals surface area (Å²) in [5, 5.41) is 8.22. The monoisotopic (exact) mass is 366 g/mol. The second-order valence-corrected chi connectivity index (χ2v) is 7.46. The highest BCUT2D eigenvalue weighted by Gasteiger charge is 2.30. The quantitative estimate of drug-likeness (QED) is 0.822. The maximum atomic E-state index is 11.8. The van der Waals surface area contributed by atoms with E-state index in [1.165, 1.54) is 12.8 Å². The van der Waals surface area contributed by atoms with Crippen LogP contribution >= 0.6 is 0 Å². The maximum Gasteiger partial charge on any atom is 0.267 e. The molecular weight excluding hydrogens is 340 g/mol. The Labute approximate surface area is 158 Å². The second kappa shape index (κ2) is 7.06. The van der Waals surface area contributed by atoms with Crippen molar-refractivity contribution in [3.05, 3.63) is 35.7 Å². The molecule has 2 aromatic rings. The Morgan fingerprint density at radius 3 is 2.93 bits per heavy atom. The van der Waals surface area contributed by atoms with E-state index >= 15 is 0 Å². The van der Waals surface area contributed by atoms with Gasteiger partial charge in [0.1, 0.15) is 5.70 Å². The molecule has 7 nitrogen and oxygen atoms in total. The SMILES string of the molecule is CCCN(CC1CC1)C1=NC(C(N)=O)=CCN1c1cc2cn[nH]c2cc1C. The highest BCUT2D eigenvalue weighted by atomic mass is 16.1. The Morgan fingerprint density at radius 2 is 2.22 bits per heavy atom. The third-order valence-corrected chi connectivity index (χ3v) is 5.18. The lowest BCUT2D eigenvalue weighted by atomic mass is 10.1. The first kappa shape index (κ1) is 17.6. The van der Waals surface area contributed by atoms with Crippen LogP contribution in [0.4, 0.5) is 5.69 Å². The molecule has 1 amide bonds. The van der Waals surface area contributed by atoms with E-state index in [4.69, 9.17) is 5.73 Å². The van der Waals surface area contributed by atoms with Crippen LogP contribution in [-0.2, 0) is 4.79 Å².